The molecule has 0 unspecified atom stereocenters. The van der Waals surface area contributed by atoms with Crippen molar-refractivity contribution >= 4 is 143 Å². The van der Waals surface area contributed by atoms with E-state index in [1.54, 1.807) is 0 Å². The molecule has 0 amide bonds. The van der Waals surface area contributed by atoms with E-state index in [1.165, 1.54) is 132 Å². The summed E-state index contributed by atoms with van der Waals surface area (Å²) < 4.78 is 17.8. The highest BCUT2D eigenvalue weighted by molar-refractivity contribution is 6.36. The highest BCUT2D eigenvalue weighted by Crippen LogP contribution is 2.64. The molecule has 0 aliphatic heterocycles. The van der Waals surface area contributed by atoms with E-state index in [0.717, 1.165) is 128 Å². The summed E-state index contributed by atoms with van der Waals surface area (Å²) in [7, 11) is 0. The first kappa shape index (κ1) is 69.3. The van der Waals surface area contributed by atoms with Crippen LogP contribution in [-0.4, -0.2) is 4.57 Å². The fourth-order valence-corrected chi connectivity index (χ4v) is 22.9. The van der Waals surface area contributed by atoms with Gasteiger partial charge in [-0.15, -0.1) is 0 Å². The largest absolute Gasteiger partial charge is 0.455 e. The summed E-state index contributed by atoms with van der Waals surface area (Å²) in [6.45, 7) is 9.68. The molecule has 124 heavy (non-hydrogen) atoms. The zero-order valence-corrected chi connectivity index (χ0v) is 68.7. The molecule has 0 saturated heterocycles. The van der Waals surface area contributed by atoms with Crippen LogP contribution in [-0.2, 0) is 16.2 Å². The summed E-state index contributed by atoms with van der Waals surface area (Å²) in [5.74, 6) is 0. The van der Waals surface area contributed by atoms with Crippen LogP contribution in [0.25, 0.3) is 181 Å². The fourth-order valence-electron chi connectivity index (χ4n) is 22.9. The molecule has 3 aromatic heterocycles. The van der Waals surface area contributed by atoms with Gasteiger partial charge < -0.3 is 23.2 Å². The van der Waals surface area contributed by atoms with Crippen molar-refractivity contribution in [3.8, 4) is 72.4 Å². The van der Waals surface area contributed by atoms with Crippen LogP contribution in [0.2, 0.25) is 0 Å². The summed E-state index contributed by atoms with van der Waals surface area (Å²) in [5.41, 5.74) is 36.4. The zero-order chi connectivity index (χ0) is 81.7. The lowest BCUT2D eigenvalue weighted by atomic mass is 9.70. The Kier molecular flexibility index (Phi) is 14.1. The lowest BCUT2D eigenvalue weighted by Gasteiger charge is -2.30. The van der Waals surface area contributed by atoms with E-state index >= 15 is 0 Å². The van der Waals surface area contributed by atoms with Crippen LogP contribution in [0, 0.1) is 0 Å². The first-order chi connectivity index (χ1) is 61.0. The van der Waals surface area contributed by atoms with Crippen molar-refractivity contribution in [3.63, 3.8) is 0 Å². The van der Waals surface area contributed by atoms with Gasteiger partial charge >= 0.3 is 0 Å². The smallest absolute Gasteiger partial charge is 0.146 e. The number of nitrogens with zero attached hydrogens (tertiary/aromatic N) is 3. The lowest BCUT2D eigenvalue weighted by Crippen LogP contribution is -2.25. The van der Waals surface area contributed by atoms with Crippen LogP contribution in [0.5, 0.6) is 0 Å². The van der Waals surface area contributed by atoms with Gasteiger partial charge in [-0.3, -0.25) is 0 Å². The average Bonchev–Trinajstić information content (AvgIpc) is 1.51. The number of fused-ring (bicyclic) bond motifs is 31. The zero-order valence-electron chi connectivity index (χ0n) is 68.7. The van der Waals surface area contributed by atoms with E-state index in [4.69, 9.17) is 8.83 Å². The molecule has 0 atom stereocenters. The standard InChI is InChI=1S/C119H77N3O2/c1-117(2)103-63-78(45-54-90(103)92-56-51-85(66-105(92)117)120(80-47-41-70-23-5-9-27-74(70)59-80)81-48-42-71-24-6-10-28-75(71)60-81)96-68-108-114(116-111(96)94-34-16-21-39-109(94)124-116)113-107(122(108)84-53-58-102-98(65-84)89-33-15-20-38-101(89)119(102)99-36-18-13-31-87(99)88-32-14-19-37-100(88)119)69-97(115-112(113)95-35-17-22-40-110(95)123-115)79-46-55-91-93-57-52-86(67-106(93)118(3,4)104(91)64-79)121(82-49-43-72-25-7-11-29-76(72)61-82)83-50-44-73-26-8-12-30-77(73)62-83/h5-69H,1-4H3. The summed E-state index contributed by atoms with van der Waals surface area (Å²) in [6, 6.07) is 148. The molecule has 20 aromatic carbocycles. The molecule has 5 heteroatoms. The molecule has 1 spiro atoms. The molecule has 27 rings (SSSR count). The van der Waals surface area contributed by atoms with Gasteiger partial charge in [0.1, 0.15) is 22.3 Å². The predicted molar refractivity (Wildman–Crippen MR) is 517 cm³/mol. The number of hydrogen-bond donors (Lipinski definition) is 0. The monoisotopic (exact) mass is 1580 g/mol. The minimum atomic E-state index is -0.534. The van der Waals surface area contributed by atoms with Gasteiger partial charge in [0.2, 0.25) is 0 Å². The summed E-state index contributed by atoms with van der Waals surface area (Å²) in [5, 5.41) is 16.0. The number of aromatic nitrogens is 1. The maximum atomic E-state index is 7.69. The van der Waals surface area contributed by atoms with Gasteiger partial charge in [-0.05, 0) is 270 Å². The van der Waals surface area contributed by atoms with Crippen molar-refractivity contribution in [2.75, 3.05) is 9.80 Å². The van der Waals surface area contributed by atoms with Crippen LogP contribution >= 0.6 is 0 Å². The van der Waals surface area contributed by atoms with E-state index in [9.17, 15) is 0 Å². The molecule has 0 radical (unpaired) electrons. The van der Waals surface area contributed by atoms with E-state index in [0.29, 0.717) is 0 Å². The maximum absolute atomic E-state index is 7.69. The lowest BCUT2D eigenvalue weighted by molar-refractivity contribution is 0.660. The minimum absolute atomic E-state index is 0.412. The molecule has 580 valence electrons. The first-order valence-corrected chi connectivity index (χ1v) is 43.3. The molecule has 0 saturated carbocycles. The number of anilines is 6. The maximum Gasteiger partial charge on any atom is 0.146 e. The normalized spacial score (nSPS) is 14.0. The van der Waals surface area contributed by atoms with Crippen molar-refractivity contribution in [2.45, 2.75) is 43.9 Å². The quantitative estimate of drug-likeness (QED) is 0.144. The predicted octanol–water partition coefficient (Wildman–Crippen LogP) is 32.4. The van der Waals surface area contributed by atoms with Crippen LogP contribution < -0.4 is 9.80 Å². The number of hydrogen-bond acceptors (Lipinski definition) is 4. The Hall–Kier alpha value is -15.6. The fraction of sp³-hybridized carbons (Fsp3) is 0.0588. The molecule has 5 nitrogen and oxygen atoms in total. The van der Waals surface area contributed by atoms with Crippen LogP contribution in [0.3, 0.4) is 0 Å². The van der Waals surface area contributed by atoms with Crippen LogP contribution in [0.4, 0.5) is 34.1 Å². The number of furan rings is 2. The molecule has 0 fully saturated rings. The molecule has 0 N–H and O–H groups in total. The van der Waals surface area contributed by atoms with Crippen LogP contribution in [0.15, 0.2) is 403 Å². The van der Waals surface area contributed by atoms with Gasteiger partial charge in [0.05, 0.1) is 21.8 Å². The highest BCUT2D eigenvalue weighted by atomic mass is 16.3. The average molecular weight is 1580 g/mol. The second-order valence-corrected chi connectivity index (χ2v) is 35.7. The van der Waals surface area contributed by atoms with Gasteiger partial charge in [-0.2, -0.15) is 0 Å². The van der Waals surface area contributed by atoms with Gasteiger partial charge in [0, 0.05) is 83.1 Å². The van der Waals surface area contributed by atoms with Crippen molar-refractivity contribution in [1.29, 1.82) is 0 Å². The second-order valence-electron chi connectivity index (χ2n) is 35.7. The molecular formula is C119H77N3O2. The van der Waals surface area contributed by atoms with Gasteiger partial charge in [0.15, 0.2) is 0 Å². The Bertz CT molecular complexity index is 8470. The Labute approximate surface area is 716 Å². The highest BCUT2D eigenvalue weighted by Gasteiger charge is 2.52. The molecule has 3 heterocycles. The van der Waals surface area contributed by atoms with Crippen molar-refractivity contribution < 1.29 is 8.83 Å². The van der Waals surface area contributed by atoms with E-state index < -0.39 is 16.2 Å². The van der Waals surface area contributed by atoms with Crippen molar-refractivity contribution in [2.24, 2.45) is 0 Å². The molecule has 23 aromatic rings. The summed E-state index contributed by atoms with van der Waals surface area (Å²) in [6.07, 6.45) is 0. The first-order valence-electron chi connectivity index (χ1n) is 43.3. The minimum Gasteiger partial charge on any atom is -0.455 e. The van der Waals surface area contributed by atoms with Gasteiger partial charge in [-0.1, -0.05) is 301 Å². The molecule has 4 aliphatic rings. The third-order valence-electron chi connectivity index (χ3n) is 28.6. The SMILES string of the molecule is CC1(C)c2cc(-c3cc4c(c5c3oc3ccccc35)c3c5oc6ccccc6c5c(-c5ccc6c(c5)C(C)(C)c5cc(N(c7ccc8ccccc8c7)c7ccc8ccccc8c7)ccc5-6)cc3n4-c3ccc4c(c3)-c3ccccc3C43c4ccccc4-c4ccccc43)ccc2-c2ccc(N(c3ccc4ccccc4c3)c3ccc4ccccc4c3)cc21. The number of para-hydroxylation sites is 2. The molecule has 4 aliphatic carbocycles. The van der Waals surface area contributed by atoms with E-state index in [-0.39, 0.29) is 0 Å². The molecular weight excluding hydrogens is 1500 g/mol. The number of rotatable bonds is 9. The number of benzene rings is 20. The topological polar surface area (TPSA) is 37.7 Å². The Morgan fingerprint density at radius 1 is 0.218 bits per heavy atom. The van der Waals surface area contributed by atoms with E-state index in [1.807, 2.05) is 0 Å². The van der Waals surface area contributed by atoms with Gasteiger partial charge in [0.25, 0.3) is 0 Å². The Morgan fingerprint density at radius 2 is 0.556 bits per heavy atom. The van der Waals surface area contributed by atoms with E-state index in [2.05, 4.69) is 436 Å². The second kappa shape index (κ2) is 25.3. The third kappa shape index (κ3) is 9.53. The van der Waals surface area contributed by atoms with Gasteiger partial charge in [-0.25, -0.2) is 0 Å². The van der Waals surface area contributed by atoms with Crippen LogP contribution in [0.1, 0.15) is 72.2 Å². The van der Waals surface area contributed by atoms with Crippen molar-refractivity contribution in [3.05, 3.63) is 439 Å². The third-order valence-corrected chi connectivity index (χ3v) is 28.6. The Morgan fingerprint density at radius 3 is 1.03 bits per heavy atom. The summed E-state index contributed by atoms with van der Waals surface area (Å²) in [4.78, 5) is 4.89. The Balaban J connectivity index is 0.676. The molecule has 0 bridgehead atoms. The van der Waals surface area contributed by atoms with Crippen molar-refractivity contribution in [1.82, 2.24) is 4.57 Å². The summed E-state index contributed by atoms with van der Waals surface area (Å²) >= 11 is 0.